The van der Waals surface area contributed by atoms with Gasteiger partial charge in [-0.1, -0.05) is 32.0 Å². The van der Waals surface area contributed by atoms with E-state index in [4.69, 9.17) is 9.47 Å². The standard InChI is InChI=1S/C28H37N3O6/c1-6-26(32)29-21-11-12-24-23(13-21)27(33)30(4)16-25(36-5)18(2)14-31(19(3)17-37-24)15-20-9-7-8-10-22(20)28(34)35/h7-13,18-19,25H,6,14-17H2,1-5H3,(H,29,32)(H,34,35)/t18-,19-,25-/m1/s1. The van der Waals surface area contributed by atoms with Crippen LogP contribution >= 0.6 is 0 Å². The van der Waals surface area contributed by atoms with Crippen molar-refractivity contribution in [2.24, 2.45) is 5.92 Å². The highest BCUT2D eigenvalue weighted by molar-refractivity contribution is 5.99. The molecular formula is C28H37N3O6. The van der Waals surface area contributed by atoms with Gasteiger partial charge in [-0.25, -0.2) is 4.79 Å². The van der Waals surface area contributed by atoms with Crippen molar-refractivity contribution in [1.29, 1.82) is 0 Å². The minimum atomic E-state index is -0.961. The first-order valence-corrected chi connectivity index (χ1v) is 12.5. The number of carbonyl (C=O) groups is 3. The molecule has 0 radical (unpaired) electrons. The summed E-state index contributed by atoms with van der Waals surface area (Å²) in [6.45, 7) is 7.53. The number of carboxylic acids is 1. The Labute approximate surface area is 218 Å². The largest absolute Gasteiger partial charge is 0.491 e. The summed E-state index contributed by atoms with van der Waals surface area (Å²) in [5.41, 5.74) is 1.88. The van der Waals surface area contributed by atoms with Crippen LogP contribution in [-0.2, 0) is 16.1 Å². The lowest BCUT2D eigenvalue weighted by Crippen LogP contribution is -2.46. The molecule has 200 valence electrons. The average molecular weight is 512 g/mol. The molecule has 9 heteroatoms. The zero-order chi connectivity index (χ0) is 27.1. The van der Waals surface area contributed by atoms with Gasteiger partial charge in [-0.15, -0.1) is 0 Å². The lowest BCUT2D eigenvalue weighted by Gasteiger charge is -2.36. The maximum Gasteiger partial charge on any atom is 0.336 e. The van der Waals surface area contributed by atoms with E-state index in [1.165, 1.54) is 0 Å². The van der Waals surface area contributed by atoms with Crippen LogP contribution in [0.15, 0.2) is 42.5 Å². The molecule has 0 spiro atoms. The fraction of sp³-hybridized carbons (Fsp3) is 0.464. The molecular weight excluding hydrogens is 474 g/mol. The molecule has 0 fully saturated rings. The third-order valence-electron chi connectivity index (χ3n) is 6.80. The first kappa shape index (κ1) is 28.1. The summed E-state index contributed by atoms with van der Waals surface area (Å²) in [4.78, 5) is 40.9. The Balaban J connectivity index is 1.97. The Bertz CT molecular complexity index is 1120. The van der Waals surface area contributed by atoms with Crippen molar-refractivity contribution in [3.8, 4) is 5.75 Å². The van der Waals surface area contributed by atoms with E-state index >= 15 is 0 Å². The van der Waals surface area contributed by atoms with Crippen LogP contribution in [0.2, 0.25) is 0 Å². The van der Waals surface area contributed by atoms with Gasteiger partial charge in [-0.3, -0.25) is 14.5 Å². The van der Waals surface area contributed by atoms with E-state index in [0.29, 0.717) is 43.1 Å². The van der Waals surface area contributed by atoms with Gasteiger partial charge in [0.25, 0.3) is 5.91 Å². The summed E-state index contributed by atoms with van der Waals surface area (Å²) >= 11 is 0. The van der Waals surface area contributed by atoms with Crippen molar-refractivity contribution >= 4 is 23.5 Å². The second-order valence-electron chi connectivity index (χ2n) is 9.60. The molecule has 2 aromatic rings. The number of fused-ring (bicyclic) bond motifs is 1. The van der Waals surface area contributed by atoms with Crippen molar-refractivity contribution in [3.05, 3.63) is 59.2 Å². The van der Waals surface area contributed by atoms with Gasteiger partial charge in [0, 0.05) is 51.9 Å². The first-order chi connectivity index (χ1) is 17.6. The Kier molecular flexibility index (Phi) is 9.66. The zero-order valence-electron chi connectivity index (χ0n) is 22.2. The SMILES string of the molecule is CCC(=O)Nc1ccc2c(c1)C(=O)N(C)C[C@@H](OC)[C@H](C)CN(Cc1ccccc1C(=O)O)[C@H](C)CO2. The molecule has 1 heterocycles. The van der Waals surface area contributed by atoms with E-state index in [0.717, 1.165) is 5.56 Å². The van der Waals surface area contributed by atoms with Crippen LogP contribution in [0.5, 0.6) is 5.75 Å². The number of rotatable bonds is 6. The Morgan fingerprint density at radius 2 is 1.89 bits per heavy atom. The molecule has 0 saturated heterocycles. The van der Waals surface area contributed by atoms with Crippen LogP contribution < -0.4 is 10.1 Å². The zero-order valence-corrected chi connectivity index (χ0v) is 22.2. The van der Waals surface area contributed by atoms with Crippen molar-refractivity contribution in [2.75, 3.05) is 39.2 Å². The molecule has 2 N–H and O–H groups in total. The number of hydrogen-bond acceptors (Lipinski definition) is 6. The van der Waals surface area contributed by atoms with Crippen LogP contribution in [0.4, 0.5) is 5.69 Å². The van der Waals surface area contributed by atoms with Crippen LogP contribution in [0, 0.1) is 5.92 Å². The summed E-state index contributed by atoms with van der Waals surface area (Å²) in [5, 5.41) is 12.5. The van der Waals surface area contributed by atoms with Gasteiger partial charge >= 0.3 is 5.97 Å². The Hall–Kier alpha value is -3.43. The smallest absolute Gasteiger partial charge is 0.336 e. The van der Waals surface area contributed by atoms with E-state index in [1.807, 2.05) is 19.1 Å². The van der Waals surface area contributed by atoms with Crippen LogP contribution in [0.25, 0.3) is 0 Å². The maximum absolute atomic E-state index is 13.4. The van der Waals surface area contributed by atoms with E-state index in [2.05, 4.69) is 17.1 Å². The fourth-order valence-corrected chi connectivity index (χ4v) is 4.48. The highest BCUT2D eigenvalue weighted by atomic mass is 16.5. The molecule has 3 rings (SSSR count). The highest BCUT2D eigenvalue weighted by Crippen LogP contribution is 2.27. The number of nitrogens with zero attached hydrogens (tertiary/aromatic N) is 2. The molecule has 1 aliphatic heterocycles. The topological polar surface area (TPSA) is 108 Å². The summed E-state index contributed by atoms with van der Waals surface area (Å²) in [6, 6.07) is 12.0. The molecule has 0 saturated carbocycles. The normalized spacial score (nSPS) is 21.3. The van der Waals surface area contributed by atoms with Gasteiger partial charge in [-0.2, -0.15) is 0 Å². The van der Waals surface area contributed by atoms with Crippen molar-refractivity contribution < 1.29 is 29.0 Å². The summed E-state index contributed by atoms with van der Waals surface area (Å²) in [7, 11) is 3.35. The number of methoxy groups -OCH3 is 1. The summed E-state index contributed by atoms with van der Waals surface area (Å²) < 4.78 is 12.0. The van der Waals surface area contributed by atoms with E-state index in [9.17, 15) is 19.5 Å². The van der Waals surface area contributed by atoms with Gasteiger partial charge < -0.3 is 24.8 Å². The molecule has 0 aliphatic carbocycles. The van der Waals surface area contributed by atoms with Crippen LogP contribution in [0.1, 0.15) is 53.5 Å². The molecule has 0 bridgehead atoms. The molecule has 37 heavy (non-hydrogen) atoms. The van der Waals surface area contributed by atoms with Gasteiger partial charge in [0.05, 0.1) is 17.2 Å². The third-order valence-corrected chi connectivity index (χ3v) is 6.80. The minimum absolute atomic E-state index is 0.0359. The number of amides is 2. The molecule has 2 amide bonds. The fourth-order valence-electron chi connectivity index (χ4n) is 4.48. The van der Waals surface area contributed by atoms with Gasteiger partial charge in [0.2, 0.25) is 5.91 Å². The molecule has 2 aromatic carbocycles. The second kappa shape index (κ2) is 12.7. The van der Waals surface area contributed by atoms with Crippen LogP contribution in [0.3, 0.4) is 0 Å². The number of benzene rings is 2. The number of likely N-dealkylation sites (N-methyl/N-ethyl adjacent to an activating group) is 1. The van der Waals surface area contributed by atoms with Crippen molar-refractivity contribution in [1.82, 2.24) is 9.80 Å². The number of nitrogens with one attached hydrogen (secondary N) is 1. The molecule has 0 unspecified atom stereocenters. The van der Waals surface area contributed by atoms with Crippen molar-refractivity contribution in [3.63, 3.8) is 0 Å². The summed E-state index contributed by atoms with van der Waals surface area (Å²) in [5.74, 6) is -0.872. The lowest BCUT2D eigenvalue weighted by atomic mass is 10.00. The maximum atomic E-state index is 13.4. The number of anilines is 1. The van der Waals surface area contributed by atoms with Crippen LogP contribution in [-0.4, -0.2) is 78.7 Å². The minimum Gasteiger partial charge on any atom is -0.491 e. The number of aromatic carboxylic acids is 1. The molecule has 9 nitrogen and oxygen atoms in total. The van der Waals surface area contributed by atoms with Crippen molar-refractivity contribution in [2.45, 2.75) is 45.9 Å². The Morgan fingerprint density at radius 3 is 2.57 bits per heavy atom. The third kappa shape index (κ3) is 7.08. The molecule has 1 aliphatic rings. The Morgan fingerprint density at radius 1 is 1.16 bits per heavy atom. The monoisotopic (exact) mass is 511 g/mol. The highest BCUT2D eigenvalue weighted by Gasteiger charge is 2.29. The van der Waals surface area contributed by atoms with Gasteiger partial charge in [-0.05, 0) is 42.7 Å². The molecule has 3 atom stereocenters. The quantitative estimate of drug-likeness (QED) is 0.608. The summed E-state index contributed by atoms with van der Waals surface area (Å²) in [6.07, 6.45) is 0.0813. The number of ether oxygens (including phenoxy) is 2. The lowest BCUT2D eigenvalue weighted by molar-refractivity contribution is -0.115. The second-order valence-corrected chi connectivity index (χ2v) is 9.60. The first-order valence-electron chi connectivity index (χ1n) is 12.5. The van der Waals surface area contributed by atoms with E-state index in [1.54, 1.807) is 56.3 Å². The van der Waals surface area contributed by atoms with Gasteiger partial charge in [0.15, 0.2) is 0 Å². The predicted molar refractivity (Wildman–Crippen MR) is 141 cm³/mol. The average Bonchev–Trinajstić information content (AvgIpc) is 2.89. The predicted octanol–water partition coefficient (Wildman–Crippen LogP) is 3.74. The number of carbonyl (C=O) groups excluding carboxylic acids is 2. The van der Waals surface area contributed by atoms with Gasteiger partial charge in [0.1, 0.15) is 12.4 Å². The number of hydrogen-bond donors (Lipinski definition) is 2. The van der Waals surface area contributed by atoms with E-state index in [-0.39, 0.29) is 42.0 Å². The van der Waals surface area contributed by atoms with E-state index < -0.39 is 5.97 Å². The molecule has 0 aromatic heterocycles. The number of carboxylic acid groups (broad SMARTS) is 1.